The van der Waals surface area contributed by atoms with E-state index in [1.807, 2.05) is 54.6 Å². The minimum atomic E-state index is -3.35. The smallest absolute Gasteiger partial charge is 0.258 e. The summed E-state index contributed by atoms with van der Waals surface area (Å²) >= 11 is 0. The lowest BCUT2D eigenvalue weighted by Crippen LogP contribution is -2.01. The number of aryl methyl sites for hydroxylation is 1. The number of hydrogen-bond acceptors (Lipinski definition) is 8. The van der Waals surface area contributed by atoms with Crippen molar-refractivity contribution in [3.05, 3.63) is 107 Å². The molecule has 0 bridgehead atoms. The van der Waals surface area contributed by atoms with E-state index in [9.17, 15) is 16.8 Å². The third kappa shape index (κ3) is 6.13. The first kappa shape index (κ1) is 26.5. The molecular formula is C29H25N3O5S2. The van der Waals surface area contributed by atoms with E-state index in [1.54, 1.807) is 37.4 Å². The van der Waals surface area contributed by atoms with Crippen LogP contribution in [0.4, 0.5) is 0 Å². The molecule has 8 nitrogen and oxygen atoms in total. The van der Waals surface area contributed by atoms with Gasteiger partial charge >= 0.3 is 0 Å². The molecule has 3 aromatic carbocycles. The number of rotatable bonds is 7. The van der Waals surface area contributed by atoms with Gasteiger partial charge in [0.1, 0.15) is 0 Å². The lowest BCUT2D eigenvalue weighted by Gasteiger charge is -2.11. The van der Waals surface area contributed by atoms with Crippen molar-refractivity contribution in [2.75, 3.05) is 12.5 Å². The highest BCUT2D eigenvalue weighted by Gasteiger charge is 2.16. The van der Waals surface area contributed by atoms with E-state index in [0.29, 0.717) is 28.4 Å². The molecule has 0 saturated heterocycles. The lowest BCUT2D eigenvalue weighted by molar-refractivity contribution is 0.403. The minimum Gasteiger partial charge on any atom is -0.334 e. The third-order valence-electron chi connectivity index (χ3n) is 6.05. The Morgan fingerprint density at radius 1 is 0.923 bits per heavy atom. The molecule has 2 heterocycles. The van der Waals surface area contributed by atoms with Crippen LogP contribution in [0.15, 0.2) is 88.4 Å². The molecule has 0 aliphatic carbocycles. The van der Waals surface area contributed by atoms with Gasteiger partial charge in [0.2, 0.25) is 0 Å². The normalized spacial score (nSPS) is 12.6. The fourth-order valence-corrected chi connectivity index (χ4v) is 5.78. The summed E-state index contributed by atoms with van der Waals surface area (Å²) < 4.78 is 53.4. The van der Waals surface area contributed by atoms with Crippen LogP contribution in [0.2, 0.25) is 0 Å². The predicted molar refractivity (Wildman–Crippen MR) is 151 cm³/mol. The maximum atomic E-state index is 12.0. The van der Waals surface area contributed by atoms with Crippen LogP contribution >= 0.6 is 0 Å². The summed E-state index contributed by atoms with van der Waals surface area (Å²) in [4.78, 5) is 9.17. The molecule has 0 radical (unpaired) electrons. The third-order valence-corrected chi connectivity index (χ3v) is 8.04. The fourth-order valence-electron chi connectivity index (χ4n) is 4.38. The average molecular weight is 560 g/mol. The van der Waals surface area contributed by atoms with Gasteiger partial charge in [0, 0.05) is 35.2 Å². The Balaban J connectivity index is 1.64. The highest BCUT2D eigenvalue weighted by molar-refractivity contribution is 7.90. The van der Waals surface area contributed by atoms with Crippen LogP contribution in [0.5, 0.6) is 0 Å². The van der Waals surface area contributed by atoms with Crippen LogP contribution in [0, 0.1) is 6.92 Å². The first-order valence-electron chi connectivity index (χ1n) is 11.9. The molecule has 0 spiro atoms. The first-order valence-corrected chi connectivity index (χ1v) is 15.9. The Kier molecular flexibility index (Phi) is 6.92. The van der Waals surface area contributed by atoms with Crippen molar-refractivity contribution in [3.8, 4) is 11.1 Å². The van der Waals surface area contributed by atoms with Crippen LogP contribution in [0.25, 0.3) is 33.7 Å². The van der Waals surface area contributed by atoms with Gasteiger partial charge in [0.25, 0.3) is 5.89 Å². The maximum Gasteiger partial charge on any atom is 0.258 e. The van der Waals surface area contributed by atoms with Gasteiger partial charge in [-0.05, 0) is 71.7 Å². The Hall–Kier alpha value is -4.15. The van der Waals surface area contributed by atoms with Crippen LogP contribution in [0.1, 0.15) is 28.4 Å². The number of fused-ring (bicyclic) bond motifs is 1. The summed E-state index contributed by atoms with van der Waals surface area (Å²) in [7, 11) is -6.58. The van der Waals surface area contributed by atoms with Crippen molar-refractivity contribution in [3.63, 3.8) is 0 Å². The SMILES string of the molecule is Cc1noc(/C(=C\c2cccc(-c3cc(CS(C)(=O)=O)cc4cccnc34)c2)c2ccc(S(C)(=O)=O)cc2)n1. The number of pyridine rings is 1. The molecule has 0 aliphatic rings. The highest BCUT2D eigenvalue weighted by atomic mass is 32.2. The zero-order valence-corrected chi connectivity index (χ0v) is 23.1. The van der Waals surface area contributed by atoms with E-state index < -0.39 is 19.7 Å². The van der Waals surface area contributed by atoms with E-state index in [0.717, 1.165) is 33.8 Å². The topological polar surface area (TPSA) is 120 Å². The van der Waals surface area contributed by atoms with Crippen molar-refractivity contribution in [1.82, 2.24) is 15.1 Å². The summed E-state index contributed by atoms with van der Waals surface area (Å²) in [5.74, 6) is 0.694. The standard InChI is InChI=1S/C29H25N3O5S2/c1-19-31-29(37-32-19)27(22-9-11-25(12-10-22)39(3,35)36)16-20-6-4-7-23(14-20)26-17-21(18-38(2,33)34)15-24-8-5-13-30-28(24)26/h4-17H,18H2,1-3H3/b27-16-. The van der Waals surface area contributed by atoms with Crippen molar-refractivity contribution in [2.24, 2.45) is 0 Å². The minimum absolute atomic E-state index is 0.0748. The van der Waals surface area contributed by atoms with E-state index in [1.165, 1.54) is 6.26 Å². The van der Waals surface area contributed by atoms with Gasteiger partial charge in [-0.1, -0.05) is 41.6 Å². The second-order valence-electron chi connectivity index (χ2n) is 9.42. The number of sulfone groups is 2. The molecule has 0 atom stereocenters. The van der Waals surface area contributed by atoms with Gasteiger partial charge in [0.15, 0.2) is 25.5 Å². The Bertz CT molecular complexity index is 1940. The summed E-state index contributed by atoms with van der Waals surface area (Å²) in [6, 6.07) is 21.7. The van der Waals surface area contributed by atoms with E-state index in [2.05, 4.69) is 15.1 Å². The van der Waals surface area contributed by atoms with Crippen LogP contribution in [0.3, 0.4) is 0 Å². The van der Waals surface area contributed by atoms with Crippen molar-refractivity contribution >= 4 is 42.2 Å². The van der Waals surface area contributed by atoms with Gasteiger partial charge in [-0.25, -0.2) is 16.8 Å². The van der Waals surface area contributed by atoms with Gasteiger partial charge in [-0.15, -0.1) is 0 Å². The summed E-state index contributed by atoms with van der Waals surface area (Å²) in [5, 5.41) is 4.77. The number of benzene rings is 3. The second-order valence-corrected chi connectivity index (χ2v) is 13.6. The molecule has 10 heteroatoms. The molecular weight excluding hydrogens is 534 g/mol. The fraction of sp³-hybridized carbons (Fsp3) is 0.138. The van der Waals surface area contributed by atoms with Crippen molar-refractivity contribution in [2.45, 2.75) is 17.6 Å². The summed E-state index contributed by atoms with van der Waals surface area (Å²) in [6.45, 7) is 1.72. The Morgan fingerprint density at radius 2 is 1.69 bits per heavy atom. The summed E-state index contributed by atoms with van der Waals surface area (Å²) in [6.07, 6.45) is 5.98. The molecule has 0 amide bonds. The van der Waals surface area contributed by atoms with Gasteiger partial charge in [0.05, 0.1) is 16.2 Å². The largest absolute Gasteiger partial charge is 0.334 e. The molecule has 0 aliphatic heterocycles. The molecule has 0 unspecified atom stereocenters. The average Bonchev–Trinajstić information content (AvgIpc) is 3.31. The molecule has 0 N–H and O–H groups in total. The van der Waals surface area contributed by atoms with Crippen LogP contribution in [-0.4, -0.2) is 44.5 Å². The zero-order valence-electron chi connectivity index (χ0n) is 21.5. The maximum absolute atomic E-state index is 12.0. The number of aromatic nitrogens is 3. The van der Waals surface area contributed by atoms with E-state index in [4.69, 9.17) is 4.52 Å². The Morgan fingerprint density at radius 3 is 2.36 bits per heavy atom. The number of hydrogen-bond donors (Lipinski definition) is 0. The van der Waals surface area contributed by atoms with Gasteiger partial charge in [-0.3, -0.25) is 4.98 Å². The monoisotopic (exact) mass is 559 g/mol. The van der Waals surface area contributed by atoms with Crippen molar-refractivity contribution < 1.29 is 21.4 Å². The number of nitrogens with zero attached hydrogens (tertiary/aromatic N) is 3. The van der Waals surface area contributed by atoms with E-state index >= 15 is 0 Å². The molecule has 5 rings (SSSR count). The quantitative estimate of drug-likeness (QED) is 0.252. The first-order chi connectivity index (χ1) is 18.5. The molecule has 39 heavy (non-hydrogen) atoms. The molecule has 0 fully saturated rings. The second kappa shape index (κ2) is 10.2. The molecule has 198 valence electrons. The molecule has 5 aromatic rings. The zero-order chi connectivity index (χ0) is 27.8. The van der Waals surface area contributed by atoms with Crippen LogP contribution < -0.4 is 0 Å². The lowest BCUT2D eigenvalue weighted by atomic mass is 9.96. The van der Waals surface area contributed by atoms with Crippen molar-refractivity contribution in [1.29, 1.82) is 0 Å². The molecule has 2 aromatic heterocycles. The van der Waals surface area contributed by atoms with Gasteiger partial charge in [-0.2, -0.15) is 4.98 Å². The van der Waals surface area contributed by atoms with Gasteiger partial charge < -0.3 is 4.52 Å². The molecule has 0 saturated carbocycles. The van der Waals surface area contributed by atoms with Crippen LogP contribution in [-0.2, 0) is 25.4 Å². The Labute approximate surface area is 226 Å². The predicted octanol–water partition coefficient (Wildman–Crippen LogP) is 5.13. The van der Waals surface area contributed by atoms with E-state index in [-0.39, 0.29) is 10.6 Å². The highest BCUT2D eigenvalue weighted by Crippen LogP contribution is 2.32. The summed E-state index contributed by atoms with van der Waals surface area (Å²) in [5.41, 5.74) is 5.27.